The normalized spacial score (nSPS) is 19.1. The average molecular weight is 342 g/mol. The van der Waals surface area contributed by atoms with E-state index < -0.39 is 29.0 Å². The van der Waals surface area contributed by atoms with Crippen molar-refractivity contribution < 1.29 is 18.7 Å². The highest BCUT2D eigenvalue weighted by molar-refractivity contribution is 6.03. The molecule has 25 heavy (non-hydrogen) atoms. The third-order valence-corrected chi connectivity index (χ3v) is 3.74. The number of nitrogens with one attached hydrogen (secondary N) is 2. The molecule has 1 amide bonds. The van der Waals surface area contributed by atoms with E-state index in [1.807, 2.05) is 20.8 Å². The van der Waals surface area contributed by atoms with Crippen LogP contribution in [0.1, 0.15) is 36.7 Å². The number of halogens is 1. The van der Waals surface area contributed by atoms with Gasteiger partial charge in [-0.2, -0.15) is 0 Å². The Morgan fingerprint density at radius 3 is 2.36 bits per heavy atom. The summed E-state index contributed by atoms with van der Waals surface area (Å²) in [4.78, 5) is 25.3. The van der Waals surface area contributed by atoms with E-state index in [0.717, 1.165) is 0 Å². The molecule has 6 heteroatoms. The highest BCUT2D eigenvalue weighted by Crippen LogP contribution is 2.38. The van der Waals surface area contributed by atoms with Gasteiger partial charge < -0.3 is 15.4 Å². The van der Waals surface area contributed by atoms with E-state index in [1.54, 1.807) is 24.3 Å². The smallest absolute Gasteiger partial charge is 0.341 e. The fourth-order valence-corrected chi connectivity index (χ4v) is 2.70. The molecule has 1 aliphatic rings. The lowest BCUT2D eigenvalue weighted by atomic mass is 9.97. The zero-order chi connectivity index (χ0) is 18.2. The number of benzene rings is 2. The molecule has 0 saturated heterocycles. The van der Waals surface area contributed by atoms with Gasteiger partial charge in [0.15, 0.2) is 0 Å². The van der Waals surface area contributed by atoms with Gasteiger partial charge in [-0.25, -0.2) is 9.18 Å². The Bertz CT molecular complexity index is 827. The van der Waals surface area contributed by atoms with Gasteiger partial charge in [0, 0.05) is 16.8 Å². The number of amides is 1. The van der Waals surface area contributed by atoms with Gasteiger partial charge in [-0.15, -0.1) is 0 Å². The zero-order valence-electron chi connectivity index (χ0n) is 14.2. The first kappa shape index (κ1) is 17.0. The van der Waals surface area contributed by atoms with Gasteiger partial charge in [-0.05, 0) is 51.1 Å². The van der Waals surface area contributed by atoms with Crippen LogP contribution in [-0.2, 0) is 15.3 Å². The number of carbonyl (C=O) groups is 2. The third-order valence-electron chi connectivity index (χ3n) is 3.74. The van der Waals surface area contributed by atoms with E-state index in [2.05, 4.69) is 10.6 Å². The zero-order valence-corrected chi connectivity index (χ0v) is 14.2. The minimum atomic E-state index is -1.71. The predicted molar refractivity (Wildman–Crippen MR) is 91.5 cm³/mol. The number of hydrogen-bond donors (Lipinski definition) is 2. The number of carbonyl (C=O) groups excluding carboxylic acids is 2. The fraction of sp³-hybridized carbons (Fsp3) is 0.263. The van der Waals surface area contributed by atoms with Crippen molar-refractivity contribution in [3.8, 4) is 0 Å². The molecule has 0 aliphatic carbocycles. The molecule has 0 fully saturated rings. The van der Waals surface area contributed by atoms with Crippen molar-refractivity contribution >= 4 is 17.6 Å². The van der Waals surface area contributed by atoms with Crippen molar-refractivity contribution in [2.24, 2.45) is 0 Å². The molecule has 0 aromatic heterocycles. The van der Waals surface area contributed by atoms with Crippen molar-refractivity contribution in [2.75, 3.05) is 5.32 Å². The van der Waals surface area contributed by atoms with Crippen LogP contribution >= 0.6 is 0 Å². The molecule has 1 unspecified atom stereocenters. The van der Waals surface area contributed by atoms with Crippen molar-refractivity contribution in [3.05, 3.63) is 65.5 Å². The van der Waals surface area contributed by atoms with Crippen LogP contribution in [0.2, 0.25) is 0 Å². The predicted octanol–water partition coefficient (Wildman–Crippen LogP) is 3.18. The maximum absolute atomic E-state index is 13.2. The summed E-state index contributed by atoms with van der Waals surface area (Å²) < 4.78 is 18.7. The summed E-state index contributed by atoms with van der Waals surface area (Å²) in [6, 6.07) is 12.2. The molecule has 5 nitrogen and oxygen atoms in total. The van der Waals surface area contributed by atoms with Gasteiger partial charge in [-0.1, -0.05) is 18.2 Å². The Balaban J connectivity index is 2.08. The molecule has 1 atom stereocenters. The van der Waals surface area contributed by atoms with E-state index in [0.29, 0.717) is 16.8 Å². The van der Waals surface area contributed by atoms with Gasteiger partial charge in [0.05, 0.1) is 5.56 Å². The molecule has 1 aliphatic heterocycles. The summed E-state index contributed by atoms with van der Waals surface area (Å²) in [6.45, 7) is 5.50. The SMILES string of the molecule is CC(C)(C)NC(=O)C1(Nc2ccc(F)cc2)OC(=O)c2ccccc21. The summed E-state index contributed by atoms with van der Waals surface area (Å²) in [6.07, 6.45) is 0. The van der Waals surface area contributed by atoms with Crippen LogP contribution < -0.4 is 10.6 Å². The second kappa shape index (κ2) is 5.88. The maximum atomic E-state index is 13.2. The van der Waals surface area contributed by atoms with Gasteiger partial charge in [0.2, 0.25) is 0 Å². The first-order chi connectivity index (χ1) is 11.7. The standard InChI is InChI=1S/C19H19FN2O3/c1-18(2,3)22-17(24)19(21-13-10-8-12(20)9-11-13)15-7-5-4-6-14(15)16(23)25-19/h4-11,21H,1-3H3,(H,22,24). The Morgan fingerprint density at radius 2 is 1.72 bits per heavy atom. The van der Waals surface area contributed by atoms with E-state index in [4.69, 9.17) is 4.74 Å². The number of cyclic esters (lactones) is 1. The van der Waals surface area contributed by atoms with Gasteiger partial charge in [0.1, 0.15) is 5.82 Å². The van der Waals surface area contributed by atoms with Crippen LogP contribution in [0.4, 0.5) is 10.1 Å². The second-order valence-corrected chi connectivity index (χ2v) is 6.95. The quantitative estimate of drug-likeness (QED) is 0.841. The Hall–Kier alpha value is -2.89. The summed E-state index contributed by atoms with van der Waals surface area (Å²) in [5, 5.41) is 5.81. The van der Waals surface area contributed by atoms with Crippen LogP contribution in [0.5, 0.6) is 0 Å². The number of ether oxygens (including phenoxy) is 1. The first-order valence-corrected chi connectivity index (χ1v) is 7.90. The minimum Gasteiger partial charge on any atom is -0.421 e. The number of rotatable bonds is 3. The van der Waals surface area contributed by atoms with Gasteiger partial charge in [-0.3, -0.25) is 4.79 Å². The number of fused-ring (bicyclic) bond motifs is 1. The lowest BCUT2D eigenvalue weighted by Gasteiger charge is -2.33. The Kier molecular flexibility index (Phi) is 3.99. The van der Waals surface area contributed by atoms with Crippen molar-refractivity contribution in [2.45, 2.75) is 32.0 Å². The maximum Gasteiger partial charge on any atom is 0.341 e. The molecule has 130 valence electrons. The van der Waals surface area contributed by atoms with Crippen LogP contribution in [0.3, 0.4) is 0 Å². The third kappa shape index (κ3) is 3.20. The minimum absolute atomic E-state index is 0.321. The van der Waals surface area contributed by atoms with Gasteiger partial charge >= 0.3 is 5.97 Å². The van der Waals surface area contributed by atoms with E-state index in [-0.39, 0.29) is 0 Å². The fourth-order valence-electron chi connectivity index (χ4n) is 2.70. The number of hydrogen-bond acceptors (Lipinski definition) is 4. The summed E-state index contributed by atoms with van der Waals surface area (Å²) in [7, 11) is 0. The molecule has 2 aromatic rings. The number of esters is 1. The van der Waals surface area contributed by atoms with Crippen LogP contribution in [0.25, 0.3) is 0 Å². The molecule has 1 heterocycles. The summed E-state index contributed by atoms with van der Waals surface area (Å²) in [5.74, 6) is -1.49. The average Bonchev–Trinajstić information content (AvgIpc) is 2.82. The van der Waals surface area contributed by atoms with Gasteiger partial charge in [0.25, 0.3) is 11.6 Å². The molecule has 0 saturated carbocycles. The molecular weight excluding hydrogens is 323 g/mol. The monoisotopic (exact) mass is 342 g/mol. The van der Waals surface area contributed by atoms with Crippen LogP contribution in [-0.4, -0.2) is 17.4 Å². The Labute approximate surface area is 145 Å². The molecule has 0 spiro atoms. The molecule has 0 radical (unpaired) electrons. The molecule has 2 aromatic carbocycles. The largest absolute Gasteiger partial charge is 0.421 e. The highest BCUT2D eigenvalue weighted by atomic mass is 19.1. The van der Waals surface area contributed by atoms with E-state index in [9.17, 15) is 14.0 Å². The van der Waals surface area contributed by atoms with Crippen LogP contribution in [0, 0.1) is 5.82 Å². The van der Waals surface area contributed by atoms with Crippen molar-refractivity contribution in [1.29, 1.82) is 0 Å². The summed E-state index contributed by atoms with van der Waals surface area (Å²) >= 11 is 0. The van der Waals surface area contributed by atoms with E-state index >= 15 is 0 Å². The lowest BCUT2D eigenvalue weighted by Crippen LogP contribution is -2.55. The highest BCUT2D eigenvalue weighted by Gasteiger charge is 2.52. The summed E-state index contributed by atoms with van der Waals surface area (Å²) in [5.41, 5.74) is -1.04. The molecule has 3 rings (SSSR count). The number of anilines is 1. The molecule has 2 N–H and O–H groups in total. The topological polar surface area (TPSA) is 67.4 Å². The first-order valence-electron chi connectivity index (χ1n) is 7.90. The molecular formula is C19H19FN2O3. The lowest BCUT2D eigenvalue weighted by molar-refractivity contribution is -0.139. The Morgan fingerprint density at radius 1 is 1.08 bits per heavy atom. The van der Waals surface area contributed by atoms with E-state index in [1.165, 1.54) is 24.3 Å². The van der Waals surface area contributed by atoms with Crippen molar-refractivity contribution in [3.63, 3.8) is 0 Å². The second-order valence-electron chi connectivity index (χ2n) is 6.95. The molecule has 0 bridgehead atoms. The van der Waals surface area contributed by atoms with Crippen LogP contribution in [0.15, 0.2) is 48.5 Å². The van der Waals surface area contributed by atoms with Crippen molar-refractivity contribution in [1.82, 2.24) is 5.32 Å².